The minimum atomic E-state index is 0.296. The molecule has 0 aliphatic carbocycles. The second-order valence-corrected chi connectivity index (χ2v) is 5.85. The van der Waals surface area contributed by atoms with Crippen LogP contribution in [0.1, 0.15) is 24.5 Å². The van der Waals surface area contributed by atoms with Crippen LogP contribution in [0.3, 0.4) is 0 Å². The molecule has 0 radical (unpaired) electrons. The summed E-state index contributed by atoms with van der Waals surface area (Å²) >= 11 is 0. The molecule has 1 atom stereocenters. The number of hydrogen-bond acceptors (Lipinski definition) is 3. The van der Waals surface area contributed by atoms with Crippen molar-refractivity contribution in [1.82, 2.24) is 10.6 Å². The zero-order valence-corrected chi connectivity index (χ0v) is 11.1. The van der Waals surface area contributed by atoms with E-state index in [9.17, 15) is 0 Å². The predicted octanol–water partition coefficient (Wildman–Crippen LogP) is 1.71. The van der Waals surface area contributed by atoms with Crippen LogP contribution in [0, 0.1) is 5.41 Å². The third kappa shape index (κ3) is 2.38. The van der Waals surface area contributed by atoms with Crippen molar-refractivity contribution in [2.24, 2.45) is 5.41 Å². The van der Waals surface area contributed by atoms with Crippen LogP contribution in [0.2, 0.25) is 0 Å². The molecule has 1 saturated heterocycles. The van der Waals surface area contributed by atoms with Crippen LogP contribution in [0.5, 0.6) is 5.75 Å². The van der Waals surface area contributed by atoms with Gasteiger partial charge in [-0.1, -0.05) is 19.1 Å². The summed E-state index contributed by atoms with van der Waals surface area (Å²) in [6, 6.07) is 6.45. The topological polar surface area (TPSA) is 33.3 Å². The van der Waals surface area contributed by atoms with Gasteiger partial charge >= 0.3 is 0 Å². The molecule has 1 aromatic rings. The van der Waals surface area contributed by atoms with Gasteiger partial charge in [0.2, 0.25) is 0 Å². The molecular weight excluding hydrogens is 224 g/mol. The van der Waals surface area contributed by atoms with E-state index >= 15 is 0 Å². The third-order valence-corrected chi connectivity index (χ3v) is 4.14. The second kappa shape index (κ2) is 4.90. The van der Waals surface area contributed by atoms with Gasteiger partial charge in [-0.05, 0) is 37.6 Å². The fourth-order valence-electron chi connectivity index (χ4n) is 2.86. The van der Waals surface area contributed by atoms with Crippen molar-refractivity contribution in [3.05, 3.63) is 29.3 Å². The number of fused-ring (bicyclic) bond motifs is 1. The van der Waals surface area contributed by atoms with E-state index in [-0.39, 0.29) is 0 Å². The van der Waals surface area contributed by atoms with Gasteiger partial charge in [0.15, 0.2) is 0 Å². The molecule has 98 valence electrons. The molecule has 0 amide bonds. The van der Waals surface area contributed by atoms with Gasteiger partial charge in [0.05, 0.1) is 6.61 Å². The van der Waals surface area contributed by atoms with Gasteiger partial charge in [0.25, 0.3) is 0 Å². The number of benzene rings is 1. The highest BCUT2D eigenvalue weighted by Gasteiger charge is 2.29. The maximum atomic E-state index is 6.11. The second-order valence-electron chi connectivity index (χ2n) is 5.85. The molecule has 0 aromatic heterocycles. The lowest BCUT2D eigenvalue weighted by Gasteiger charge is -2.25. The lowest BCUT2D eigenvalue weighted by atomic mass is 9.91. The normalized spacial score (nSPS) is 26.9. The van der Waals surface area contributed by atoms with Crippen LogP contribution in [0.4, 0.5) is 0 Å². The molecular formula is C15H22N2O. The van der Waals surface area contributed by atoms with E-state index in [0.717, 1.165) is 45.0 Å². The molecule has 0 bridgehead atoms. The summed E-state index contributed by atoms with van der Waals surface area (Å²) in [5, 5.41) is 6.85. The Hall–Kier alpha value is -1.06. The first kappa shape index (κ1) is 12.0. The number of ether oxygens (including phenoxy) is 1. The van der Waals surface area contributed by atoms with Crippen LogP contribution < -0.4 is 15.4 Å². The highest BCUT2D eigenvalue weighted by atomic mass is 16.5. The van der Waals surface area contributed by atoms with E-state index in [2.05, 4.69) is 35.8 Å². The molecule has 1 aromatic carbocycles. The summed E-state index contributed by atoms with van der Waals surface area (Å²) in [7, 11) is 0. The van der Waals surface area contributed by atoms with Crippen LogP contribution in [0.25, 0.3) is 0 Å². The average Bonchev–Trinajstić information content (AvgIpc) is 2.84. The Balaban J connectivity index is 1.72. The Morgan fingerprint density at radius 2 is 2.22 bits per heavy atom. The predicted molar refractivity (Wildman–Crippen MR) is 72.9 cm³/mol. The Labute approximate surface area is 109 Å². The molecule has 3 rings (SSSR count). The molecule has 2 aliphatic rings. The molecule has 18 heavy (non-hydrogen) atoms. The van der Waals surface area contributed by atoms with Crippen molar-refractivity contribution in [2.45, 2.75) is 26.3 Å². The van der Waals surface area contributed by atoms with E-state index in [1.807, 2.05) is 0 Å². The molecule has 1 unspecified atom stereocenters. The summed E-state index contributed by atoms with van der Waals surface area (Å²) < 4.78 is 6.11. The summed E-state index contributed by atoms with van der Waals surface area (Å²) in [4.78, 5) is 0. The van der Waals surface area contributed by atoms with Gasteiger partial charge in [-0.3, -0.25) is 0 Å². The monoisotopic (exact) mass is 246 g/mol. The summed E-state index contributed by atoms with van der Waals surface area (Å²) in [6.07, 6.45) is 2.33. The standard InChI is InChI=1S/C15H22N2O/c1-15(6-8-17-10-15)11-18-14-4-2-3-12-5-7-16-9-13(12)14/h2-4,16-17H,5-11H2,1H3. The van der Waals surface area contributed by atoms with Crippen molar-refractivity contribution in [3.8, 4) is 5.75 Å². The first-order valence-electron chi connectivity index (χ1n) is 6.92. The van der Waals surface area contributed by atoms with Gasteiger partial charge in [0, 0.05) is 24.1 Å². The summed E-state index contributed by atoms with van der Waals surface area (Å²) in [5.74, 6) is 1.08. The van der Waals surface area contributed by atoms with E-state index in [1.165, 1.54) is 17.5 Å². The van der Waals surface area contributed by atoms with Gasteiger partial charge in [0.1, 0.15) is 5.75 Å². The highest BCUT2D eigenvalue weighted by molar-refractivity contribution is 5.41. The first-order valence-corrected chi connectivity index (χ1v) is 6.92. The van der Waals surface area contributed by atoms with Crippen LogP contribution in [0.15, 0.2) is 18.2 Å². The summed E-state index contributed by atoms with van der Waals surface area (Å²) in [6.45, 7) is 7.34. The number of hydrogen-bond donors (Lipinski definition) is 2. The maximum Gasteiger partial charge on any atom is 0.124 e. The molecule has 0 spiro atoms. The fourth-order valence-corrected chi connectivity index (χ4v) is 2.86. The SMILES string of the molecule is CC1(COc2cccc3c2CNCC3)CCNC1. The molecule has 1 fully saturated rings. The van der Waals surface area contributed by atoms with Gasteiger partial charge in [-0.25, -0.2) is 0 Å². The third-order valence-electron chi connectivity index (χ3n) is 4.14. The van der Waals surface area contributed by atoms with Gasteiger partial charge < -0.3 is 15.4 Å². The largest absolute Gasteiger partial charge is 0.493 e. The van der Waals surface area contributed by atoms with Crippen LogP contribution in [-0.2, 0) is 13.0 Å². The number of rotatable bonds is 3. The smallest absolute Gasteiger partial charge is 0.124 e. The molecule has 2 heterocycles. The Kier molecular flexibility index (Phi) is 3.27. The van der Waals surface area contributed by atoms with Crippen molar-refractivity contribution in [2.75, 3.05) is 26.2 Å². The lowest BCUT2D eigenvalue weighted by molar-refractivity contribution is 0.179. The van der Waals surface area contributed by atoms with Crippen molar-refractivity contribution in [1.29, 1.82) is 0 Å². The Morgan fingerprint density at radius 1 is 1.28 bits per heavy atom. The summed E-state index contributed by atoms with van der Waals surface area (Å²) in [5.41, 5.74) is 3.10. The molecule has 0 saturated carbocycles. The molecule has 2 N–H and O–H groups in total. The fraction of sp³-hybridized carbons (Fsp3) is 0.600. The molecule has 3 heteroatoms. The van der Waals surface area contributed by atoms with Crippen molar-refractivity contribution < 1.29 is 4.74 Å². The zero-order chi connectivity index (χ0) is 12.4. The van der Waals surface area contributed by atoms with Gasteiger partial charge in [-0.15, -0.1) is 0 Å². The lowest BCUT2D eigenvalue weighted by Crippen LogP contribution is -2.29. The molecule has 3 nitrogen and oxygen atoms in total. The molecule has 2 aliphatic heterocycles. The van der Waals surface area contributed by atoms with Crippen molar-refractivity contribution >= 4 is 0 Å². The van der Waals surface area contributed by atoms with E-state index in [0.29, 0.717) is 5.41 Å². The average molecular weight is 246 g/mol. The van der Waals surface area contributed by atoms with E-state index in [4.69, 9.17) is 4.74 Å². The first-order chi connectivity index (χ1) is 8.77. The minimum Gasteiger partial charge on any atom is -0.493 e. The number of nitrogens with one attached hydrogen (secondary N) is 2. The maximum absolute atomic E-state index is 6.11. The Morgan fingerprint density at radius 3 is 3.06 bits per heavy atom. The van der Waals surface area contributed by atoms with Crippen LogP contribution >= 0.6 is 0 Å². The quantitative estimate of drug-likeness (QED) is 0.852. The highest BCUT2D eigenvalue weighted by Crippen LogP contribution is 2.29. The van der Waals surface area contributed by atoms with Crippen molar-refractivity contribution in [3.63, 3.8) is 0 Å². The van der Waals surface area contributed by atoms with E-state index < -0.39 is 0 Å². The van der Waals surface area contributed by atoms with Gasteiger partial charge in [-0.2, -0.15) is 0 Å². The van der Waals surface area contributed by atoms with Crippen LogP contribution in [-0.4, -0.2) is 26.2 Å². The zero-order valence-electron chi connectivity index (χ0n) is 11.1. The minimum absolute atomic E-state index is 0.296. The van der Waals surface area contributed by atoms with E-state index in [1.54, 1.807) is 0 Å². The Bertz CT molecular complexity index is 425.